The molecular weight excluding hydrogens is 287 g/mol. The van der Waals surface area contributed by atoms with Gasteiger partial charge in [0.2, 0.25) is 0 Å². The second-order valence-electron chi connectivity index (χ2n) is 4.00. The van der Waals surface area contributed by atoms with Crippen molar-refractivity contribution in [2.75, 3.05) is 0 Å². The van der Waals surface area contributed by atoms with E-state index in [1.807, 2.05) is 36.4 Å². The fourth-order valence-corrected chi connectivity index (χ4v) is 3.28. The minimum atomic E-state index is -0.00705. The molecule has 0 aliphatic heterocycles. The third kappa shape index (κ3) is 1.86. The van der Waals surface area contributed by atoms with Crippen LogP contribution in [0.4, 0.5) is 0 Å². The maximum atomic E-state index is 8.83. The first-order chi connectivity index (χ1) is 8.90. The van der Waals surface area contributed by atoms with Gasteiger partial charge in [-0.1, -0.05) is 0 Å². The molecule has 0 unspecified atom stereocenters. The fourth-order valence-electron chi connectivity index (χ4n) is 2.19. The SMILES string of the molecule is N#C[Se]Cc1c2ccccc2nc2ccccc12. The predicted octanol–water partition coefficient (Wildman–Crippen LogP) is 3.07. The van der Waals surface area contributed by atoms with Crippen molar-refractivity contribution in [3.05, 3.63) is 54.1 Å². The summed E-state index contributed by atoms with van der Waals surface area (Å²) in [6, 6.07) is 16.3. The molecule has 86 valence electrons. The standard InChI is InChI=1S/C15H10N2Se/c16-10-18-9-13-11-5-1-3-7-14(11)17-15-8-4-2-6-12(13)15/h1-8H,9H2. The van der Waals surface area contributed by atoms with Crippen LogP contribution in [0.3, 0.4) is 0 Å². The van der Waals surface area contributed by atoms with E-state index in [1.54, 1.807) is 0 Å². The van der Waals surface area contributed by atoms with Crippen LogP contribution in [0.5, 0.6) is 0 Å². The Hall–Kier alpha value is -1.88. The van der Waals surface area contributed by atoms with Gasteiger partial charge in [0.15, 0.2) is 0 Å². The molecule has 2 aromatic carbocycles. The summed E-state index contributed by atoms with van der Waals surface area (Å²) in [7, 11) is 0. The molecule has 1 heterocycles. The van der Waals surface area contributed by atoms with E-state index in [-0.39, 0.29) is 15.0 Å². The van der Waals surface area contributed by atoms with E-state index in [0.717, 1.165) is 16.4 Å². The fraction of sp³-hybridized carbons (Fsp3) is 0.0667. The van der Waals surface area contributed by atoms with Gasteiger partial charge in [0.05, 0.1) is 0 Å². The number of aromatic nitrogens is 1. The number of hydrogen-bond donors (Lipinski definition) is 0. The van der Waals surface area contributed by atoms with Crippen molar-refractivity contribution in [2.45, 2.75) is 5.32 Å². The zero-order chi connectivity index (χ0) is 12.4. The molecule has 0 amide bonds. The number of pyridine rings is 1. The predicted molar refractivity (Wildman–Crippen MR) is 74.3 cm³/mol. The number of nitrogens with zero attached hydrogens (tertiary/aromatic N) is 2. The molecular formula is C15H10N2Se. The minimum absolute atomic E-state index is 0.00705. The van der Waals surface area contributed by atoms with Gasteiger partial charge in [0.25, 0.3) is 0 Å². The Balaban J connectivity index is 2.38. The van der Waals surface area contributed by atoms with E-state index in [1.165, 1.54) is 16.3 Å². The molecule has 0 N–H and O–H groups in total. The summed E-state index contributed by atoms with van der Waals surface area (Å²) in [5.41, 5.74) is 3.29. The molecule has 1 aromatic heterocycles. The van der Waals surface area contributed by atoms with Gasteiger partial charge in [-0.2, -0.15) is 0 Å². The van der Waals surface area contributed by atoms with Gasteiger partial charge < -0.3 is 0 Å². The van der Waals surface area contributed by atoms with Crippen molar-refractivity contribution in [2.24, 2.45) is 0 Å². The monoisotopic (exact) mass is 298 g/mol. The first-order valence-electron chi connectivity index (χ1n) is 5.67. The van der Waals surface area contributed by atoms with Crippen LogP contribution < -0.4 is 0 Å². The Bertz CT molecular complexity index is 705. The van der Waals surface area contributed by atoms with Crippen LogP contribution in [0.25, 0.3) is 21.8 Å². The molecule has 18 heavy (non-hydrogen) atoms. The summed E-state index contributed by atoms with van der Waals surface area (Å²) >= 11 is -0.00705. The Morgan fingerprint density at radius 1 is 0.944 bits per heavy atom. The molecule has 0 aliphatic rings. The Kier molecular flexibility index (Phi) is 2.98. The van der Waals surface area contributed by atoms with Gasteiger partial charge in [-0.3, -0.25) is 0 Å². The zero-order valence-corrected chi connectivity index (χ0v) is 11.3. The number of rotatable bonds is 2. The Labute approximate surface area is 111 Å². The molecule has 0 saturated carbocycles. The molecule has 0 bridgehead atoms. The number of fused-ring (bicyclic) bond motifs is 2. The number of para-hydroxylation sites is 2. The Morgan fingerprint density at radius 3 is 2.06 bits per heavy atom. The first kappa shape index (κ1) is 11.2. The summed E-state index contributed by atoms with van der Waals surface area (Å²) in [4.78, 5) is 6.96. The van der Waals surface area contributed by atoms with Crippen LogP contribution in [0, 0.1) is 10.2 Å². The third-order valence-electron chi connectivity index (χ3n) is 2.98. The van der Waals surface area contributed by atoms with Crippen LogP contribution in [0.1, 0.15) is 5.56 Å². The summed E-state index contributed by atoms with van der Waals surface area (Å²) in [5, 5.41) is 12.0. The molecule has 0 fully saturated rings. The number of nitriles is 1. The van der Waals surface area contributed by atoms with Gasteiger partial charge >= 0.3 is 111 Å². The van der Waals surface area contributed by atoms with Crippen molar-refractivity contribution in [1.82, 2.24) is 4.98 Å². The van der Waals surface area contributed by atoms with Crippen molar-refractivity contribution in [3.8, 4) is 4.97 Å². The van der Waals surface area contributed by atoms with Crippen LogP contribution in [-0.4, -0.2) is 19.9 Å². The van der Waals surface area contributed by atoms with Crippen LogP contribution in [-0.2, 0) is 5.32 Å². The second-order valence-corrected chi connectivity index (χ2v) is 5.60. The van der Waals surface area contributed by atoms with E-state index < -0.39 is 0 Å². The van der Waals surface area contributed by atoms with Crippen molar-refractivity contribution in [3.63, 3.8) is 0 Å². The van der Waals surface area contributed by atoms with Crippen LogP contribution >= 0.6 is 0 Å². The first-order valence-corrected chi connectivity index (χ1v) is 7.74. The third-order valence-corrected chi connectivity index (χ3v) is 4.16. The average molecular weight is 297 g/mol. The average Bonchev–Trinajstić information content (AvgIpc) is 2.43. The molecule has 3 heteroatoms. The normalized spacial score (nSPS) is 10.6. The van der Waals surface area contributed by atoms with E-state index in [0.29, 0.717) is 0 Å². The van der Waals surface area contributed by atoms with Crippen LogP contribution in [0.2, 0.25) is 0 Å². The topological polar surface area (TPSA) is 36.7 Å². The molecule has 3 rings (SSSR count). The molecule has 0 saturated heterocycles. The van der Waals surface area contributed by atoms with Crippen molar-refractivity contribution >= 4 is 36.8 Å². The second kappa shape index (κ2) is 4.78. The molecule has 0 spiro atoms. The molecule has 0 radical (unpaired) electrons. The van der Waals surface area contributed by atoms with E-state index >= 15 is 0 Å². The quantitative estimate of drug-likeness (QED) is 0.538. The summed E-state index contributed by atoms with van der Waals surface area (Å²) < 4.78 is 0. The van der Waals surface area contributed by atoms with Crippen LogP contribution in [0.15, 0.2) is 48.5 Å². The van der Waals surface area contributed by atoms with Gasteiger partial charge in [-0.25, -0.2) is 0 Å². The van der Waals surface area contributed by atoms with E-state index in [4.69, 9.17) is 5.26 Å². The van der Waals surface area contributed by atoms with Crippen molar-refractivity contribution in [1.29, 1.82) is 5.26 Å². The molecule has 2 nitrogen and oxygen atoms in total. The number of benzene rings is 2. The zero-order valence-electron chi connectivity index (χ0n) is 9.63. The number of hydrogen-bond acceptors (Lipinski definition) is 2. The summed E-state index contributed by atoms with van der Waals surface area (Å²) in [6.45, 7) is 0. The van der Waals surface area contributed by atoms with Gasteiger partial charge in [0.1, 0.15) is 0 Å². The molecule has 0 atom stereocenters. The maximum absolute atomic E-state index is 8.83. The van der Waals surface area contributed by atoms with E-state index in [9.17, 15) is 0 Å². The van der Waals surface area contributed by atoms with Crippen molar-refractivity contribution < 1.29 is 0 Å². The molecule has 0 aliphatic carbocycles. The molecule has 3 aromatic rings. The van der Waals surface area contributed by atoms with Gasteiger partial charge in [-0.05, 0) is 0 Å². The Morgan fingerprint density at radius 2 is 1.50 bits per heavy atom. The summed E-state index contributed by atoms with van der Waals surface area (Å²) in [6.07, 6.45) is 0. The van der Waals surface area contributed by atoms with Gasteiger partial charge in [-0.15, -0.1) is 0 Å². The van der Waals surface area contributed by atoms with Gasteiger partial charge in [0, 0.05) is 0 Å². The summed E-state index contributed by atoms with van der Waals surface area (Å²) in [5.74, 6) is 0. The van der Waals surface area contributed by atoms with E-state index in [2.05, 4.69) is 22.1 Å².